The molecular weight excluding hydrogens is 452 g/mol. The molecule has 2 fully saturated rings. The Bertz CT molecular complexity index is 1050. The van der Waals surface area contributed by atoms with E-state index in [-0.39, 0.29) is 50.4 Å². The highest BCUT2D eigenvalue weighted by Crippen LogP contribution is 2.25. The highest BCUT2D eigenvalue weighted by atomic mass is 16.5. The summed E-state index contributed by atoms with van der Waals surface area (Å²) in [5.41, 5.74) is 6.63. The first-order chi connectivity index (χ1) is 16.9. The average Bonchev–Trinajstić information content (AvgIpc) is 3.40. The highest BCUT2D eigenvalue weighted by Gasteiger charge is 2.30. The van der Waals surface area contributed by atoms with Crippen LogP contribution in [0.15, 0.2) is 36.4 Å². The molecule has 1 aliphatic heterocycles. The molecule has 0 radical (unpaired) electrons. The van der Waals surface area contributed by atoms with Gasteiger partial charge in [0.15, 0.2) is 5.82 Å². The van der Waals surface area contributed by atoms with Gasteiger partial charge in [0.1, 0.15) is 17.8 Å². The molecule has 0 bridgehead atoms. The van der Waals surface area contributed by atoms with Crippen LogP contribution in [0.2, 0.25) is 0 Å². The molecule has 35 heavy (non-hydrogen) atoms. The van der Waals surface area contributed by atoms with Crippen LogP contribution in [0, 0.1) is 0 Å². The fourth-order valence-corrected chi connectivity index (χ4v) is 4.29. The lowest BCUT2D eigenvalue weighted by Gasteiger charge is -2.35. The van der Waals surface area contributed by atoms with Gasteiger partial charge in [-0.15, -0.1) is 0 Å². The number of rotatable bonds is 7. The van der Waals surface area contributed by atoms with Crippen molar-refractivity contribution in [2.24, 2.45) is 5.73 Å². The van der Waals surface area contributed by atoms with Crippen molar-refractivity contribution in [2.75, 3.05) is 32.7 Å². The Morgan fingerprint density at radius 2 is 1.71 bits per heavy atom. The molecule has 186 valence electrons. The molecule has 1 aromatic carbocycles. The van der Waals surface area contributed by atoms with Gasteiger partial charge in [-0.3, -0.25) is 9.59 Å². The molecular formula is C24H30N6O5. The van der Waals surface area contributed by atoms with Crippen molar-refractivity contribution in [3.05, 3.63) is 42.1 Å². The summed E-state index contributed by atoms with van der Waals surface area (Å²) in [4.78, 5) is 48.9. The molecule has 2 aromatic rings. The Labute approximate surface area is 203 Å². The van der Waals surface area contributed by atoms with Crippen LogP contribution in [-0.4, -0.2) is 87.7 Å². The maximum absolute atomic E-state index is 13.1. The Balaban J connectivity index is 1.50. The molecule has 1 saturated carbocycles. The number of piperazine rings is 1. The van der Waals surface area contributed by atoms with Gasteiger partial charge < -0.3 is 30.7 Å². The zero-order valence-corrected chi connectivity index (χ0v) is 19.4. The summed E-state index contributed by atoms with van der Waals surface area (Å²) in [6.45, 7) is 0.790. The van der Waals surface area contributed by atoms with Crippen LogP contribution in [0.5, 0.6) is 5.88 Å². The van der Waals surface area contributed by atoms with Gasteiger partial charge in [-0.2, -0.15) is 4.98 Å². The van der Waals surface area contributed by atoms with Crippen molar-refractivity contribution < 1.29 is 24.2 Å². The van der Waals surface area contributed by atoms with Crippen molar-refractivity contribution >= 4 is 17.9 Å². The van der Waals surface area contributed by atoms with E-state index in [4.69, 9.17) is 15.6 Å². The average molecular weight is 483 g/mol. The summed E-state index contributed by atoms with van der Waals surface area (Å²) in [6.07, 6.45) is 3.09. The summed E-state index contributed by atoms with van der Waals surface area (Å²) in [5.74, 6) is -0.248. The second kappa shape index (κ2) is 11.1. The molecule has 1 aromatic heterocycles. The van der Waals surface area contributed by atoms with Crippen LogP contribution in [0.25, 0.3) is 11.4 Å². The summed E-state index contributed by atoms with van der Waals surface area (Å²) in [5, 5.41) is 11.8. The van der Waals surface area contributed by atoms with Gasteiger partial charge in [-0.25, -0.2) is 9.78 Å². The minimum Gasteiger partial charge on any atom is -0.474 e. The zero-order chi connectivity index (χ0) is 24.8. The number of nitrogens with one attached hydrogen (secondary N) is 1. The van der Waals surface area contributed by atoms with Gasteiger partial charge in [-0.1, -0.05) is 30.3 Å². The van der Waals surface area contributed by atoms with E-state index in [0.717, 1.165) is 31.2 Å². The smallest absolute Gasteiger partial charge is 0.407 e. The third-order valence-corrected chi connectivity index (χ3v) is 6.26. The van der Waals surface area contributed by atoms with Crippen LogP contribution in [-0.2, 0) is 4.79 Å². The SMILES string of the molecule is NCC(NC(=O)c1cc(OC2CCCC2)nc(-c2ccccc2)n1)C(=O)N1CCN(C(=O)O)CC1. The minimum atomic E-state index is -1.02. The number of nitrogens with two attached hydrogens (primary N) is 1. The highest BCUT2D eigenvalue weighted by molar-refractivity contribution is 5.96. The van der Waals surface area contributed by atoms with Crippen molar-refractivity contribution in [3.63, 3.8) is 0 Å². The molecule has 2 heterocycles. The van der Waals surface area contributed by atoms with Crippen LogP contribution >= 0.6 is 0 Å². The van der Waals surface area contributed by atoms with Gasteiger partial charge in [0.25, 0.3) is 5.91 Å². The maximum atomic E-state index is 13.1. The molecule has 0 spiro atoms. The zero-order valence-electron chi connectivity index (χ0n) is 19.4. The third-order valence-electron chi connectivity index (χ3n) is 6.26. The Hall–Kier alpha value is -3.73. The largest absolute Gasteiger partial charge is 0.474 e. The van der Waals surface area contributed by atoms with Crippen LogP contribution in [0.4, 0.5) is 4.79 Å². The van der Waals surface area contributed by atoms with E-state index >= 15 is 0 Å². The fourth-order valence-electron chi connectivity index (χ4n) is 4.29. The van der Waals surface area contributed by atoms with Gasteiger partial charge in [0, 0.05) is 44.4 Å². The van der Waals surface area contributed by atoms with E-state index in [9.17, 15) is 14.4 Å². The Morgan fingerprint density at radius 3 is 2.34 bits per heavy atom. The number of hydrogen-bond acceptors (Lipinski definition) is 7. The molecule has 1 aliphatic carbocycles. The van der Waals surface area contributed by atoms with Crippen molar-refractivity contribution in [1.82, 2.24) is 25.1 Å². The third kappa shape index (κ3) is 6.04. The quantitative estimate of drug-likeness (QED) is 0.535. The molecule has 2 aliphatic rings. The summed E-state index contributed by atoms with van der Waals surface area (Å²) < 4.78 is 6.05. The Kier molecular flexibility index (Phi) is 7.76. The topological polar surface area (TPSA) is 151 Å². The number of benzene rings is 1. The first kappa shape index (κ1) is 24.4. The fraction of sp³-hybridized carbons (Fsp3) is 0.458. The molecule has 4 N–H and O–H groups in total. The molecule has 1 saturated heterocycles. The van der Waals surface area contributed by atoms with E-state index < -0.39 is 18.0 Å². The van der Waals surface area contributed by atoms with Crippen LogP contribution < -0.4 is 15.8 Å². The lowest BCUT2D eigenvalue weighted by atomic mass is 10.2. The van der Waals surface area contributed by atoms with Gasteiger partial charge in [0.05, 0.1) is 0 Å². The van der Waals surface area contributed by atoms with Gasteiger partial charge in [-0.05, 0) is 25.7 Å². The van der Waals surface area contributed by atoms with E-state index in [1.165, 1.54) is 15.9 Å². The van der Waals surface area contributed by atoms with Crippen LogP contribution in [0.1, 0.15) is 36.2 Å². The number of amides is 3. The minimum absolute atomic E-state index is 0.0484. The van der Waals surface area contributed by atoms with E-state index in [1.54, 1.807) is 0 Å². The molecule has 1 unspecified atom stereocenters. The lowest BCUT2D eigenvalue weighted by Crippen LogP contribution is -2.57. The summed E-state index contributed by atoms with van der Waals surface area (Å²) in [7, 11) is 0. The molecule has 1 atom stereocenters. The molecule has 11 heteroatoms. The van der Waals surface area contributed by atoms with Crippen molar-refractivity contribution in [2.45, 2.75) is 37.8 Å². The first-order valence-corrected chi connectivity index (χ1v) is 11.8. The standard InChI is InChI=1S/C24H30N6O5/c25-15-19(23(32)29-10-12-30(13-11-29)24(33)34)27-22(31)18-14-20(35-17-8-4-5-9-17)28-21(26-18)16-6-2-1-3-7-16/h1-3,6-7,14,17,19H,4-5,8-13,15,25H2,(H,27,31)(H,33,34). The number of carbonyl (C=O) groups is 3. The predicted octanol–water partition coefficient (Wildman–Crippen LogP) is 1.34. The molecule has 4 rings (SSSR count). The van der Waals surface area contributed by atoms with E-state index in [2.05, 4.69) is 15.3 Å². The predicted molar refractivity (Wildman–Crippen MR) is 127 cm³/mol. The molecule has 11 nitrogen and oxygen atoms in total. The van der Waals surface area contributed by atoms with Crippen LogP contribution in [0.3, 0.4) is 0 Å². The Morgan fingerprint density at radius 1 is 1.06 bits per heavy atom. The monoisotopic (exact) mass is 482 g/mol. The van der Waals surface area contributed by atoms with Gasteiger partial charge >= 0.3 is 6.09 Å². The van der Waals surface area contributed by atoms with Crippen molar-refractivity contribution in [3.8, 4) is 17.3 Å². The number of aromatic nitrogens is 2. The normalized spacial score (nSPS) is 17.2. The second-order valence-electron chi connectivity index (χ2n) is 8.66. The summed E-state index contributed by atoms with van der Waals surface area (Å²) >= 11 is 0. The maximum Gasteiger partial charge on any atom is 0.407 e. The van der Waals surface area contributed by atoms with E-state index in [1.807, 2.05) is 30.3 Å². The second-order valence-corrected chi connectivity index (χ2v) is 8.66. The lowest BCUT2D eigenvalue weighted by molar-refractivity contribution is -0.134. The van der Waals surface area contributed by atoms with Gasteiger partial charge in [0.2, 0.25) is 11.8 Å². The number of carbonyl (C=O) groups excluding carboxylic acids is 2. The van der Waals surface area contributed by atoms with E-state index in [0.29, 0.717) is 11.7 Å². The number of carboxylic acid groups (broad SMARTS) is 1. The summed E-state index contributed by atoms with van der Waals surface area (Å²) in [6, 6.07) is 9.81. The number of ether oxygens (including phenoxy) is 1. The first-order valence-electron chi connectivity index (χ1n) is 11.8. The number of nitrogens with zero attached hydrogens (tertiary/aromatic N) is 4. The molecule has 3 amide bonds. The van der Waals surface area contributed by atoms with Crippen molar-refractivity contribution in [1.29, 1.82) is 0 Å². The number of hydrogen-bond donors (Lipinski definition) is 3.